The van der Waals surface area contributed by atoms with Gasteiger partial charge in [-0.2, -0.15) is 0 Å². The molecule has 0 spiro atoms. The van der Waals surface area contributed by atoms with Crippen molar-refractivity contribution < 1.29 is 14.3 Å². The van der Waals surface area contributed by atoms with Crippen LogP contribution < -0.4 is 15.4 Å². The number of amides is 3. The van der Waals surface area contributed by atoms with Gasteiger partial charge in [-0.15, -0.1) is 11.6 Å². The molecule has 0 atom stereocenters. The summed E-state index contributed by atoms with van der Waals surface area (Å²) in [6.07, 6.45) is 0.753. The minimum absolute atomic E-state index is 0.126. The van der Waals surface area contributed by atoms with Crippen molar-refractivity contribution in [2.24, 2.45) is 0 Å². The number of halogens is 1. The molecular formula is C13H17ClN2O3. The molecule has 0 aliphatic carbocycles. The highest BCUT2D eigenvalue weighted by molar-refractivity contribution is 6.19. The van der Waals surface area contributed by atoms with Crippen LogP contribution in [0.4, 0.5) is 4.79 Å². The summed E-state index contributed by atoms with van der Waals surface area (Å²) in [5.74, 6) is 0.591. The number of rotatable bonds is 6. The molecule has 0 aliphatic heterocycles. The Hall–Kier alpha value is -1.75. The molecule has 0 saturated heterocycles. The van der Waals surface area contributed by atoms with Gasteiger partial charge in [0.1, 0.15) is 5.75 Å². The number of hydrogen-bond acceptors (Lipinski definition) is 3. The molecule has 3 amide bonds. The molecule has 0 heterocycles. The second-order valence-electron chi connectivity index (χ2n) is 3.80. The van der Waals surface area contributed by atoms with Crippen molar-refractivity contribution in [2.75, 3.05) is 19.5 Å². The van der Waals surface area contributed by atoms with Crippen LogP contribution >= 0.6 is 11.6 Å². The third-order valence-corrected chi connectivity index (χ3v) is 2.64. The van der Waals surface area contributed by atoms with E-state index in [1.54, 1.807) is 7.11 Å². The largest absolute Gasteiger partial charge is 0.496 e. The fourth-order valence-corrected chi connectivity index (χ4v) is 1.71. The molecule has 0 fully saturated rings. The monoisotopic (exact) mass is 284 g/mol. The van der Waals surface area contributed by atoms with Crippen molar-refractivity contribution in [3.63, 3.8) is 0 Å². The molecule has 0 bridgehead atoms. The maximum atomic E-state index is 11.4. The lowest BCUT2D eigenvalue weighted by Crippen LogP contribution is -2.40. The Labute approximate surface area is 117 Å². The van der Waals surface area contributed by atoms with Gasteiger partial charge in [0.2, 0.25) is 5.91 Å². The molecule has 104 valence electrons. The van der Waals surface area contributed by atoms with Gasteiger partial charge in [0.05, 0.1) is 7.11 Å². The Bertz CT molecular complexity index is 438. The number of imide groups is 1. The Kier molecular flexibility index (Phi) is 6.74. The molecule has 1 rings (SSSR count). The molecule has 0 saturated carbocycles. The van der Waals surface area contributed by atoms with E-state index in [0.29, 0.717) is 13.0 Å². The van der Waals surface area contributed by atoms with Crippen LogP contribution in [0.3, 0.4) is 0 Å². The second kappa shape index (κ2) is 8.37. The molecule has 5 nitrogen and oxygen atoms in total. The Morgan fingerprint density at radius 3 is 2.74 bits per heavy atom. The first-order valence-electron chi connectivity index (χ1n) is 5.93. The summed E-state index contributed by atoms with van der Waals surface area (Å²) in [7, 11) is 1.60. The highest BCUT2D eigenvalue weighted by Crippen LogP contribution is 2.17. The molecule has 0 unspecified atom stereocenters. The lowest BCUT2D eigenvalue weighted by Gasteiger charge is -2.09. The highest BCUT2D eigenvalue weighted by atomic mass is 35.5. The van der Waals surface area contributed by atoms with Gasteiger partial charge >= 0.3 is 6.03 Å². The number of carbonyl (C=O) groups is 2. The minimum atomic E-state index is -0.509. The first-order chi connectivity index (χ1) is 9.17. The number of hydrogen-bond donors (Lipinski definition) is 2. The Morgan fingerprint density at radius 2 is 2.05 bits per heavy atom. The number of benzene rings is 1. The smallest absolute Gasteiger partial charge is 0.321 e. The third kappa shape index (κ3) is 5.61. The van der Waals surface area contributed by atoms with Gasteiger partial charge in [0, 0.05) is 18.8 Å². The first-order valence-corrected chi connectivity index (χ1v) is 6.46. The van der Waals surface area contributed by atoms with E-state index in [2.05, 4.69) is 10.6 Å². The quantitative estimate of drug-likeness (QED) is 0.781. The third-order valence-electron chi connectivity index (χ3n) is 2.45. The summed E-state index contributed by atoms with van der Waals surface area (Å²) >= 11 is 5.39. The summed E-state index contributed by atoms with van der Waals surface area (Å²) in [6, 6.07) is 7.07. The van der Waals surface area contributed by atoms with E-state index in [0.717, 1.165) is 11.3 Å². The Balaban J connectivity index is 2.33. The van der Waals surface area contributed by atoms with E-state index in [4.69, 9.17) is 16.3 Å². The van der Waals surface area contributed by atoms with E-state index >= 15 is 0 Å². The first kappa shape index (κ1) is 15.3. The van der Waals surface area contributed by atoms with Crippen molar-refractivity contribution in [1.82, 2.24) is 10.6 Å². The maximum Gasteiger partial charge on any atom is 0.321 e. The summed E-state index contributed by atoms with van der Waals surface area (Å²) in [6.45, 7) is 0.417. The molecule has 0 aliphatic rings. The molecule has 0 radical (unpaired) electrons. The molecule has 0 aromatic heterocycles. The molecule has 1 aromatic rings. The second-order valence-corrected chi connectivity index (χ2v) is 4.18. The molecule has 6 heteroatoms. The van der Waals surface area contributed by atoms with Crippen LogP contribution in [-0.2, 0) is 11.2 Å². The fraction of sp³-hybridized carbons (Fsp3) is 0.385. The van der Waals surface area contributed by atoms with Gasteiger partial charge in [-0.05, 0) is 18.1 Å². The topological polar surface area (TPSA) is 67.4 Å². The number of ether oxygens (including phenoxy) is 1. The predicted octanol–water partition coefficient (Wildman–Crippen LogP) is 1.69. The van der Waals surface area contributed by atoms with Crippen LogP contribution in [0.15, 0.2) is 24.3 Å². The predicted molar refractivity (Wildman–Crippen MR) is 73.6 cm³/mol. The normalized spacial score (nSPS) is 9.79. The van der Waals surface area contributed by atoms with Crippen LogP contribution in [0.5, 0.6) is 5.75 Å². The van der Waals surface area contributed by atoms with Gasteiger partial charge in [-0.25, -0.2) is 4.79 Å². The van der Waals surface area contributed by atoms with Crippen molar-refractivity contribution in [3.05, 3.63) is 29.8 Å². The number of alkyl halides is 1. The van der Waals surface area contributed by atoms with Gasteiger partial charge < -0.3 is 10.1 Å². The summed E-state index contributed by atoms with van der Waals surface area (Å²) in [5.41, 5.74) is 0.998. The lowest BCUT2D eigenvalue weighted by molar-refractivity contribution is -0.119. The average molecular weight is 285 g/mol. The van der Waals surface area contributed by atoms with Crippen LogP contribution in [-0.4, -0.2) is 31.5 Å². The van der Waals surface area contributed by atoms with Crippen molar-refractivity contribution >= 4 is 23.5 Å². The van der Waals surface area contributed by atoms with Crippen molar-refractivity contribution in [3.8, 4) is 5.75 Å². The summed E-state index contributed by atoms with van der Waals surface area (Å²) in [4.78, 5) is 22.5. The van der Waals surface area contributed by atoms with E-state index in [-0.39, 0.29) is 18.2 Å². The van der Waals surface area contributed by atoms with E-state index in [9.17, 15) is 9.59 Å². The van der Waals surface area contributed by atoms with Gasteiger partial charge in [0.15, 0.2) is 0 Å². The molecule has 19 heavy (non-hydrogen) atoms. The van der Waals surface area contributed by atoms with Crippen molar-refractivity contribution in [1.29, 1.82) is 0 Å². The highest BCUT2D eigenvalue weighted by Gasteiger charge is 2.07. The molecular weight excluding hydrogens is 268 g/mol. The van der Waals surface area contributed by atoms with Gasteiger partial charge in [-0.1, -0.05) is 18.2 Å². The lowest BCUT2D eigenvalue weighted by atomic mass is 10.1. The SMILES string of the molecule is COc1ccccc1CCNC(=O)NC(=O)CCCl. The van der Waals surface area contributed by atoms with E-state index in [1.165, 1.54) is 0 Å². The zero-order chi connectivity index (χ0) is 14.1. The van der Waals surface area contributed by atoms with Crippen molar-refractivity contribution in [2.45, 2.75) is 12.8 Å². The van der Waals surface area contributed by atoms with Gasteiger partial charge in [-0.3, -0.25) is 10.1 Å². The minimum Gasteiger partial charge on any atom is -0.496 e. The fourth-order valence-electron chi connectivity index (χ4n) is 1.54. The van der Waals surface area contributed by atoms with Crippen LogP contribution in [0.2, 0.25) is 0 Å². The standard InChI is InChI=1S/C13H17ClN2O3/c1-19-11-5-3-2-4-10(11)7-9-15-13(18)16-12(17)6-8-14/h2-5H,6-9H2,1H3,(H2,15,16,17,18). The average Bonchev–Trinajstić information content (AvgIpc) is 2.39. The Morgan fingerprint density at radius 1 is 1.32 bits per heavy atom. The number of nitrogens with one attached hydrogen (secondary N) is 2. The molecule has 2 N–H and O–H groups in total. The number of methoxy groups -OCH3 is 1. The number of urea groups is 1. The van der Waals surface area contributed by atoms with E-state index in [1.807, 2.05) is 24.3 Å². The van der Waals surface area contributed by atoms with Crippen LogP contribution in [0, 0.1) is 0 Å². The summed E-state index contributed by atoms with van der Waals surface area (Å²) in [5, 5.41) is 4.79. The van der Waals surface area contributed by atoms with Crippen LogP contribution in [0.1, 0.15) is 12.0 Å². The zero-order valence-electron chi connectivity index (χ0n) is 10.7. The number of carbonyl (C=O) groups excluding carboxylic acids is 2. The molecule has 1 aromatic carbocycles. The maximum absolute atomic E-state index is 11.4. The van der Waals surface area contributed by atoms with Crippen LogP contribution in [0.25, 0.3) is 0 Å². The summed E-state index contributed by atoms with van der Waals surface area (Å²) < 4.78 is 5.20. The number of para-hydroxylation sites is 1. The van der Waals surface area contributed by atoms with E-state index < -0.39 is 6.03 Å². The van der Waals surface area contributed by atoms with Gasteiger partial charge in [0.25, 0.3) is 0 Å². The zero-order valence-corrected chi connectivity index (χ0v) is 11.5.